The topological polar surface area (TPSA) is 84.6 Å². The molecule has 0 aliphatic heterocycles. The van der Waals surface area contributed by atoms with Gasteiger partial charge in [-0.15, -0.1) is 0 Å². The zero-order chi connectivity index (χ0) is 15.0. The molecule has 6 heteroatoms. The third-order valence-electron chi connectivity index (χ3n) is 2.91. The van der Waals surface area contributed by atoms with E-state index in [1.165, 1.54) is 0 Å². The van der Waals surface area contributed by atoms with Crippen LogP contribution in [0, 0.1) is 10.1 Å². The average molecular weight is 282 g/mol. The second kappa shape index (κ2) is 8.37. The molecule has 6 nitrogen and oxygen atoms in total. The van der Waals surface area contributed by atoms with Crippen molar-refractivity contribution in [2.24, 2.45) is 0 Å². The number of para-hydroxylation sites is 1. The fourth-order valence-electron chi connectivity index (χ4n) is 1.76. The highest BCUT2D eigenvalue weighted by molar-refractivity contribution is 5.68. The summed E-state index contributed by atoms with van der Waals surface area (Å²) in [7, 11) is 0. The molecule has 0 heterocycles. The van der Waals surface area contributed by atoms with Crippen LogP contribution in [-0.4, -0.2) is 29.3 Å². The SMILES string of the molecule is CCCOc1cccc(NCCC(O)CC)c1[N+](=O)[O-]. The summed E-state index contributed by atoms with van der Waals surface area (Å²) in [6, 6.07) is 4.96. The highest BCUT2D eigenvalue weighted by Crippen LogP contribution is 2.34. The summed E-state index contributed by atoms with van der Waals surface area (Å²) in [4.78, 5) is 10.8. The fraction of sp³-hybridized carbons (Fsp3) is 0.571. The van der Waals surface area contributed by atoms with E-state index in [-0.39, 0.29) is 17.5 Å². The summed E-state index contributed by atoms with van der Waals surface area (Å²) >= 11 is 0. The molecule has 0 aromatic heterocycles. The summed E-state index contributed by atoms with van der Waals surface area (Å²) in [6.07, 6.45) is 1.62. The quantitative estimate of drug-likeness (QED) is 0.537. The molecule has 0 bridgehead atoms. The Morgan fingerprint density at radius 3 is 2.80 bits per heavy atom. The first-order chi connectivity index (χ1) is 9.60. The van der Waals surface area contributed by atoms with Crippen LogP contribution in [0.3, 0.4) is 0 Å². The van der Waals surface area contributed by atoms with E-state index in [1.807, 2.05) is 13.8 Å². The Balaban J connectivity index is 2.81. The van der Waals surface area contributed by atoms with Gasteiger partial charge in [-0.2, -0.15) is 0 Å². The first kappa shape index (κ1) is 16.2. The second-order valence-electron chi connectivity index (χ2n) is 4.54. The number of nitrogens with one attached hydrogen (secondary N) is 1. The summed E-state index contributed by atoms with van der Waals surface area (Å²) in [5.74, 6) is 0.276. The zero-order valence-corrected chi connectivity index (χ0v) is 12.0. The molecule has 2 N–H and O–H groups in total. The monoisotopic (exact) mass is 282 g/mol. The summed E-state index contributed by atoms with van der Waals surface area (Å²) in [5, 5.41) is 23.7. The number of nitrogens with zero attached hydrogens (tertiary/aromatic N) is 1. The number of anilines is 1. The molecular weight excluding hydrogens is 260 g/mol. The van der Waals surface area contributed by atoms with Gasteiger partial charge < -0.3 is 15.2 Å². The number of benzene rings is 1. The van der Waals surface area contributed by atoms with Gasteiger partial charge in [0, 0.05) is 6.54 Å². The van der Waals surface area contributed by atoms with Gasteiger partial charge >= 0.3 is 5.69 Å². The van der Waals surface area contributed by atoms with E-state index in [1.54, 1.807) is 18.2 Å². The second-order valence-corrected chi connectivity index (χ2v) is 4.54. The number of aliphatic hydroxyl groups excluding tert-OH is 1. The molecule has 0 amide bonds. The molecule has 0 fully saturated rings. The number of hydrogen-bond acceptors (Lipinski definition) is 5. The van der Waals surface area contributed by atoms with Crippen LogP contribution < -0.4 is 10.1 Å². The molecule has 0 aliphatic carbocycles. The van der Waals surface area contributed by atoms with Crippen LogP contribution in [0.5, 0.6) is 5.75 Å². The van der Waals surface area contributed by atoms with Crippen molar-refractivity contribution in [2.75, 3.05) is 18.5 Å². The van der Waals surface area contributed by atoms with Gasteiger partial charge in [-0.3, -0.25) is 10.1 Å². The first-order valence-corrected chi connectivity index (χ1v) is 6.92. The predicted octanol–water partition coefficient (Wildman–Crippen LogP) is 2.96. The molecule has 0 aliphatic rings. The maximum absolute atomic E-state index is 11.2. The van der Waals surface area contributed by atoms with Crippen molar-refractivity contribution in [1.29, 1.82) is 0 Å². The number of hydrogen-bond donors (Lipinski definition) is 2. The normalized spacial score (nSPS) is 11.9. The predicted molar refractivity (Wildman–Crippen MR) is 78.3 cm³/mol. The third kappa shape index (κ3) is 4.70. The number of aliphatic hydroxyl groups is 1. The van der Waals surface area contributed by atoms with E-state index >= 15 is 0 Å². The highest BCUT2D eigenvalue weighted by Gasteiger charge is 2.20. The Bertz CT molecular complexity index is 437. The van der Waals surface area contributed by atoms with E-state index in [9.17, 15) is 15.2 Å². The maximum atomic E-state index is 11.2. The Kier molecular flexibility index (Phi) is 6.79. The minimum Gasteiger partial charge on any atom is -0.487 e. The van der Waals surface area contributed by atoms with E-state index < -0.39 is 4.92 Å². The Hall–Kier alpha value is -1.82. The first-order valence-electron chi connectivity index (χ1n) is 6.92. The van der Waals surface area contributed by atoms with Crippen LogP contribution in [0.1, 0.15) is 33.1 Å². The van der Waals surface area contributed by atoms with Crippen LogP contribution in [0.2, 0.25) is 0 Å². The Labute approximate surface area is 118 Å². The van der Waals surface area contributed by atoms with Gasteiger partial charge in [0.25, 0.3) is 0 Å². The third-order valence-corrected chi connectivity index (χ3v) is 2.91. The lowest BCUT2D eigenvalue weighted by molar-refractivity contribution is -0.385. The Morgan fingerprint density at radius 1 is 1.45 bits per heavy atom. The molecule has 1 rings (SSSR count). The minimum atomic E-state index is -0.441. The number of nitro groups is 1. The highest BCUT2D eigenvalue weighted by atomic mass is 16.6. The number of nitro benzene ring substituents is 1. The van der Waals surface area contributed by atoms with Gasteiger partial charge in [0.05, 0.1) is 17.6 Å². The average Bonchev–Trinajstić information content (AvgIpc) is 2.44. The van der Waals surface area contributed by atoms with Gasteiger partial charge in [-0.05, 0) is 31.4 Å². The van der Waals surface area contributed by atoms with Crippen LogP contribution in [0.4, 0.5) is 11.4 Å². The van der Waals surface area contributed by atoms with Crippen LogP contribution in [0.25, 0.3) is 0 Å². The van der Waals surface area contributed by atoms with Crippen molar-refractivity contribution in [3.8, 4) is 5.75 Å². The number of rotatable bonds is 9. The molecule has 1 unspecified atom stereocenters. The van der Waals surface area contributed by atoms with E-state index in [4.69, 9.17) is 4.74 Å². The molecule has 20 heavy (non-hydrogen) atoms. The Morgan fingerprint density at radius 2 is 2.20 bits per heavy atom. The molecular formula is C14H22N2O4. The lowest BCUT2D eigenvalue weighted by atomic mass is 10.2. The molecule has 0 spiro atoms. The summed E-state index contributed by atoms with van der Waals surface area (Å²) < 4.78 is 5.41. The summed E-state index contributed by atoms with van der Waals surface area (Å²) in [5.41, 5.74) is 0.374. The largest absolute Gasteiger partial charge is 0.487 e. The molecule has 0 saturated carbocycles. The van der Waals surface area contributed by atoms with Crippen molar-refractivity contribution in [3.05, 3.63) is 28.3 Å². The van der Waals surface area contributed by atoms with Crippen LogP contribution in [0.15, 0.2) is 18.2 Å². The summed E-state index contributed by atoms with van der Waals surface area (Å²) in [6.45, 7) is 4.76. The molecule has 1 aromatic rings. The van der Waals surface area contributed by atoms with Gasteiger partial charge in [-0.1, -0.05) is 19.9 Å². The van der Waals surface area contributed by atoms with Gasteiger partial charge in [-0.25, -0.2) is 0 Å². The smallest absolute Gasteiger partial charge is 0.333 e. The van der Waals surface area contributed by atoms with Gasteiger partial charge in [0.1, 0.15) is 5.69 Å². The number of ether oxygens (including phenoxy) is 1. The molecule has 112 valence electrons. The van der Waals surface area contributed by atoms with E-state index in [0.29, 0.717) is 31.7 Å². The van der Waals surface area contributed by atoms with E-state index in [0.717, 1.165) is 6.42 Å². The fourth-order valence-corrected chi connectivity index (χ4v) is 1.76. The zero-order valence-electron chi connectivity index (χ0n) is 12.0. The van der Waals surface area contributed by atoms with Crippen molar-refractivity contribution < 1.29 is 14.8 Å². The van der Waals surface area contributed by atoms with Crippen molar-refractivity contribution in [1.82, 2.24) is 0 Å². The molecule has 1 atom stereocenters. The van der Waals surface area contributed by atoms with Crippen molar-refractivity contribution >= 4 is 11.4 Å². The van der Waals surface area contributed by atoms with Gasteiger partial charge in [0.2, 0.25) is 0 Å². The van der Waals surface area contributed by atoms with Crippen molar-refractivity contribution in [2.45, 2.75) is 39.2 Å². The van der Waals surface area contributed by atoms with Crippen molar-refractivity contribution in [3.63, 3.8) is 0 Å². The molecule has 0 radical (unpaired) electrons. The minimum absolute atomic E-state index is 0.0491. The van der Waals surface area contributed by atoms with E-state index in [2.05, 4.69) is 5.32 Å². The standard InChI is InChI=1S/C14H22N2O4/c1-3-10-20-13-7-5-6-12(14(13)16(18)19)15-9-8-11(17)4-2/h5-7,11,15,17H,3-4,8-10H2,1-2H3. The van der Waals surface area contributed by atoms with Gasteiger partial charge in [0.15, 0.2) is 5.75 Å². The lowest BCUT2D eigenvalue weighted by Crippen LogP contribution is -2.13. The maximum Gasteiger partial charge on any atom is 0.333 e. The van der Waals surface area contributed by atoms with Crippen LogP contribution in [-0.2, 0) is 0 Å². The van der Waals surface area contributed by atoms with Crippen LogP contribution >= 0.6 is 0 Å². The molecule has 1 aromatic carbocycles. The molecule has 0 saturated heterocycles. The lowest BCUT2D eigenvalue weighted by Gasteiger charge is -2.12.